The number of hydrogen-bond acceptors (Lipinski definition) is 4. The topological polar surface area (TPSA) is 43.8 Å². The van der Waals surface area contributed by atoms with Crippen molar-refractivity contribution in [3.63, 3.8) is 0 Å². The highest BCUT2D eigenvalue weighted by Crippen LogP contribution is 2.25. The Balaban J connectivity index is 1.43. The Morgan fingerprint density at radius 1 is 1.36 bits per heavy atom. The zero-order chi connectivity index (χ0) is 17.6. The molecule has 0 bridgehead atoms. The van der Waals surface area contributed by atoms with E-state index in [0.717, 1.165) is 43.9 Å². The zero-order valence-electron chi connectivity index (χ0n) is 16.0. The molecule has 2 saturated heterocycles. The normalized spacial score (nSPS) is 21.6. The molecule has 0 saturated carbocycles. The van der Waals surface area contributed by atoms with Gasteiger partial charge in [0, 0.05) is 51.6 Å². The van der Waals surface area contributed by atoms with Gasteiger partial charge in [0.2, 0.25) is 0 Å². The summed E-state index contributed by atoms with van der Waals surface area (Å²) in [6.07, 6.45) is 6.20. The number of aromatic nitrogens is 1. The van der Waals surface area contributed by atoms with E-state index in [-0.39, 0.29) is 0 Å². The maximum atomic E-state index is 4.81. The Hall–Kier alpha value is -1.30. The highest BCUT2D eigenvalue weighted by Gasteiger charge is 2.25. The Bertz CT molecular complexity index is 562. The van der Waals surface area contributed by atoms with Crippen LogP contribution in [0, 0.1) is 11.8 Å². The van der Waals surface area contributed by atoms with Crippen LogP contribution in [0.4, 0.5) is 5.13 Å². The van der Waals surface area contributed by atoms with Crippen LogP contribution in [-0.4, -0.2) is 55.6 Å². The van der Waals surface area contributed by atoms with Gasteiger partial charge in [-0.15, -0.1) is 11.3 Å². The van der Waals surface area contributed by atoms with Crippen molar-refractivity contribution < 1.29 is 0 Å². The summed E-state index contributed by atoms with van der Waals surface area (Å²) in [6.45, 7) is 10.2. The maximum Gasteiger partial charge on any atom is 0.193 e. The SMILES string of the molecule is CN=C(NCCc1csc(N2CCCC2)n1)N1CCC(CC(C)C)C1. The lowest BCUT2D eigenvalue weighted by molar-refractivity contribution is 0.403. The fourth-order valence-corrected chi connectivity index (χ4v) is 4.90. The number of likely N-dealkylation sites (tertiary alicyclic amines) is 1. The average Bonchev–Trinajstić information content (AvgIpc) is 3.32. The van der Waals surface area contributed by atoms with Crippen LogP contribution in [0.1, 0.15) is 45.2 Å². The summed E-state index contributed by atoms with van der Waals surface area (Å²) >= 11 is 1.79. The molecule has 5 nitrogen and oxygen atoms in total. The van der Waals surface area contributed by atoms with Crippen molar-refractivity contribution >= 4 is 22.4 Å². The molecule has 0 aliphatic carbocycles. The van der Waals surface area contributed by atoms with Crippen LogP contribution in [0.3, 0.4) is 0 Å². The fourth-order valence-electron chi connectivity index (χ4n) is 3.98. The molecule has 0 radical (unpaired) electrons. The molecular weight excluding hydrogens is 330 g/mol. The van der Waals surface area contributed by atoms with Crippen LogP contribution < -0.4 is 10.2 Å². The first-order chi connectivity index (χ1) is 12.2. The van der Waals surface area contributed by atoms with E-state index in [4.69, 9.17) is 4.98 Å². The lowest BCUT2D eigenvalue weighted by Crippen LogP contribution is -2.41. The summed E-state index contributed by atoms with van der Waals surface area (Å²) in [5.41, 5.74) is 1.20. The molecule has 3 heterocycles. The number of hydrogen-bond donors (Lipinski definition) is 1. The predicted molar refractivity (Wildman–Crippen MR) is 108 cm³/mol. The van der Waals surface area contributed by atoms with Crippen molar-refractivity contribution in [3.05, 3.63) is 11.1 Å². The largest absolute Gasteiger partial charge is 0.356 e. The van der Waals surface area contributed by atoms with Gasteiger partial charge in [-0.1, -0.05) is 13.8 Å². The van der Waals surface area contributed by atoms with Gasteiger partial charge >= 0.3 is 0 Å². The van der Waals surface area contributed by atoms with E-state index in [1.807, 2.05) is 7.05 Å². The Morgan fingerprint density at radius 3 is 2.88 bits per heavy atom. The summed E-state index contributed by atoms with van der Waals surface area (Å²) in [4.78, 5) is 14.1. The lowest BCUT2D eigenvalue weighted by Gasteiger charge is -2.22. The second-order valence-electron chi connectivity index (χ2n) is 7.77. The standard InChI is InChI=1S/C19H33N5S/c1-15(2)12-16-7-11-24(13-16)18(20-3)21-8-6-17-14-25-19(22-17)23-9-4-5-10-23/h14-16H,4-13H2,1-3H3,(H,20,21). The first kappa shape index (κ1) is 18.5. The second kappa shape index (κ2) is 8.88. The number of aliphatic imine (C=N–C) groups is 1. The van der Waals surface area contributed by atoms with E-state index in [1.54, 1.807) is 11.3 Å². The van der Waals surface area contributed by atoms with Gasteiger partial charge in [0.05, 0.1) is 5.69 Å². The van der Waals surface area contributed by atoms with Crippen molar-refractivity contribution in [2.45, 2.75) is 46.0 Å². The van der Waals surface area contributed by atoms with Gasteiger partial charge < -0.3 is 15.1 Å². The fraction of sp³-hybridized carbons (Fsp3) is 0.789. The van der Waals surface area contributed by atoms with E-state index >= 15 is 0 Å². The number of thiazole rings is 1. The van der Waals surface area contributed by atoms with Crippen LogP contribution >= 0.6 is 11.3 Å². The average molecular weight is 364 g/mol. The molecule has 25 heavy (non-hydrogen) atoms. The molecule has 1 aromatic rings. The molecule has 1 atom stereocenters. The van der Waals surface area contributed by atoms with Crippen molar-refractivity contribution in [2.75, 3.05) is 44.7 Å². The molecule has 3 rings (SSSR count). The van der Waals surface area contributed by atoms with Crippen molar-refractivity contribution in [1.82, 2.24) is 15.2 Å². The number of guanidine groups is 1. The van der Waals surface area contributed by atoms with Gasteiger partial charge in [0.1, 0.15) is 0 Å². The molecule has 1 aromatic heterocycles. The summed E-state index contributed by atoms with van der Waals surface area (Å²) in [7, 11) is 1.90. The number of nitrogens with zero attached hydrogens (tertiary/aromatic N) is 4. The first-order valence-corrected chi connectivity index (χ1v) is 10.7. The molecule has 0 aromatic carbocycles. The summed E-state index contributed by atoms with van der Waals surface area (Å²) in [5, 5.41) is 6.96. The Labute approximate surface area is 156 Å². The minimum absolute atomic E-state index is 0.786. The van der Waals surface area contributed by atoms with Crippen LogP contribution in [0.5, 0.6) is 0 Å². The smallest absolute Gasteiger partial charge is 0.193 e. The zero-order valence-corrected chi connectivity index (χ0v) is 16.8. The number of anilines is 1. The predicted octanol–water partition coefficient (Wildman–Crippen LogP) is 3.23. The van der Waals surface area contributed by atoms with Crippen LogP contribution in [0.15, 0.2) is 10.4 Å². The monoisotopic (exact) mass is 363 g/mol. The van der Waals surface area contributed by atoms with Gasteiger partial charge in [0.15, 0.2) is 11.1 Å². The third-order valence-corrected chi connectivity index (χ3v) is 6.13. The molecule has 0 spiro atoms. The number of nitrogens with one attached hydrogen (secondary N) is 1. The molecule has 140 valence electrons. The van der Waals surface area contributed by atoms with Crippen molar-refractivity contribution in [1.29, 1.82) is 0 Å². The molecule has 0 amide bonds. The molecule has 2 aliphatic heterocycles. The van der Waals surface area contributed by atoms with E-state index < -0.39 is 0 Å². The van der Waals surface area contributed by atoms with Gasteiger partial charge in [0.25, 0.3) is 0 Å². The van der Waals surface area contributed by atoms with E-state index in [1.165, 1.54) is 49.6 Å². The van der Waals surface area contributed by atoms with Gasteiger partial charge in [-0.05, 0) is 37.5 Å². The van der Waals surface area contributed by atoms with Crippen molar-refractivity contribution in [2.24, 2.45) is 16.8 Å². The maximum absolute atomic E-state index is 4.81. The third-order valence-electron chi connectivity index (χ3n) is 5.18. The van der Waals surface area contributed by atoms with Crippen LogP contribution in [0.2, 0.25) is 0 Å². The Kier molecular flexibility index (Phi) is 6.57. The minimum Gasteiger partial charge on any atom is -0.356 e. The van der Waals surface area contributed by atoms with Gasteiger partial charge in [-0.3, -0.25) is 4.99 Å². The molecule has 1 N–H and O–H groups in total. The number of rotatable bonds is 6. The van der Waals surface area contributed by atoms with E-state index in [2.05, 4.69) is 39.3 Å². The molecule has 2 aliphatic rings. The summed E-state index contributed by atoms with van der Waals surface area (Å²) < 4.78 is 0. The summed E-state index contributed by atoms with van der Waals surface area (Å²) in [6, 6.07) is 0. The molecule has 2 fully saturated rings. The van der Waals surface area contributed by atoms with E-state index in [9.17, 15) is 0 Å². The minimum atomic E-state index is 0.786. The van der Waals surface area contributed by atoms with Crippen LogP contribution in [0.25, 0.3) is 0 Å². The Morgan fingerprint density at radius 2 is 2.16 bits per heavy atom. The first-order valence-electron chi connectivity index (χ1n) is 9.80. The summed E-state index contributed by atoms with van der Waals surface area (Å²) in [5.74, 6) is 2.66. The van der Waals surface area contributed by atoms with Crippen molar-refractivity contribution in [3.8, 4) is 0 Å². The van der Waals surface area contributed by atoms with Crippen LogP contribution in [-0.2, 0) is 6.42 Å². The third kappa shape index (κ3) is 5.09. The highest BCUT2D eigenvalue weighted by molar-refractivity contribution is 7.13. The quantitative estimate of drug-likeness (QED) is 0.622. The lowest BCUT2D eigenvalue weighted by atomic mass is 9.97. The highest BCUT2D eigenvalue weighted by atomic mass is 32.1. The molecule has 1 unspecified atom stereocenters. The second-order valence-corrected chi connectivity index (χ2v) is 8.61. The molecular formula is C19H33N5S. The molecule has 6 heteroatoms. The van der Waals surface area contributed by atoms with E-state index in [0.29, 0.717) is 0 Å². The van der Waals surface area contributed by atoms with Gasteiger partial charge in [-0.25, -0.2) is 4.98 Å². The van der Waals surface area contributed by atoms with Gasteiger partial charge in [-0.2, -0.15) is 0 Å².